The van der Waals surface area contributed by atoms with Gasteiger partial charge in [-0.3, -0.25) is 0 Å². The van der Waals surface area contributed by atoms with E-state index in [1.54, 1.807) is 0 Å². The summed E-state index contributed by atoms with van der Waals surface area (Å²) in [5.74, 6) is 0.612. The molecule has 0 radical (unpaired) electrons. The van der Waals surface area contributed by atoms with Gasteiger partial charge in [-0.15, -0.1) is 11.3 Å². The Morgan fingerprint density at radius 2 is 1.00 bits per heavy atom. The summed E-state index contributed by atoms with van der Waals surface area (Å²) >= 11 is 1.87. The van der Waals surface area contributed by atoms with E-state index in [1.165, 1.54) is 36.9 Å². The van der Waals surface area contributed by atoms with Gasteiger partial charge < -0.3 is 0 Å². The van der Waals surface area contributed by atoms with Gasteiger partial charge in [-0.2, -0.15) is 0 Å². The van der Waals surface area contributed by atoms with Gasteiger partial charge in [0.1, 0.15) is 5.69 Å². The summed E-state index contributed by atoms with van der Waals surface area (Å²) in [5.41, 5.74) is 10.3. The van der Waals surface area contributed by atoms with Crippen molar-refractivity contribution >= 4 is 42.4 Å². The normalized spacial score (nSPS) is 11.4. The molecule has 0 saturated heterocycles. The van der Waals surface area contributed by atoms with Crippen molar-refractivity contribution in [2.45, 2.75) is 0 Å². The predicted octanol–water partition coefficient (Wildman–Crippen LogP) is 11.7. The summed E-state index contributed by atoms with van der Waals surface area (Å²) in [5, 5.41) is 3.74. The van der Waals surface area contributed by atoms with Crippen molar-refractivity contribution in [2.24, 2.45) is 0 Å². The lowest BCUT2D eigenvalue weighted by atomic mass is 9.98. The lowest BCUT2D eigenvalue weighted by Gasteiger charge is -2.10. The van der Waals surface area contributed by atoms with E-state index < -0.39 is 0 Å². The summed E-state index contributed by atoms with van der Waals surface area (Å²) in [6.07, 6.45) is 0. The average Bonchev–Trinajstić information content (AvgIpc) is 3.54. The van der Waals surface area contributed by atoms with Crippen LogP contribution in [0.3, 0.4) is 0 Å². The van der Waals surface area contributed by atoms with Crippen LogP contribution in [-0.2, 0) is 0 Å². The first-order valence-electron chi connectivity index (χ1n) is 15.7. The Morgan fingerprint density at radius 3 is 1.79 bits per heavy atom. The maximum absolute atomic E-state index is 5.02. The van der Waals surface area contributed by atoms with Crippen molar-refractivity contribution in [3.8, 4) is 56.3 Å². The SMILES string of the molecule is c1ccc(-c2cc(-c3ccc(-c4ccc(-c5cccc6c5sc5ccccc56)cc4)cc3)nc(-c3ccc4ccccc4n3)n2)cc1. The van der Waals surface area contributed by atoms with E-state index in [0.717, 1.165) is 44.7 Å². The third-order valence-corrected chi connectivity index (χ3v) is 9.96. The third-order valence-electron chi connectivity index (χ3n) is 8.74. The fourth-order valence-electron chi connectivity index (χ4n) is 6.31. The summed E-state index contributed by atoms with van der Waals surface area (Å²) in [6, 6.07) is 57.4. The molecule has 3 nitrogen and oxygen atoms in total. The van der Waals surface area contributed by atoms with Crippen molar-refractivity contribution in [1.82, 2.24) is 15.0 Å². The quantitative estimate of drug-likeness (QED) is 0.193. The molecule has 6 aromatic carbocycles. The van der Waals surface area contributed by atoms with Gasteiger partial charge in [-0.05, 0) is 46.5 Å². The molecule has 0 fully saturated rings. The highest BCUT2D eigenvalue weighted by Crippen LogP contribution is 2.40. The Labute approximate surface area is 276 Å². The van der Waals surface area contributed by atoms with Gasteiger partial charge >= 0.3 is 0 Å². The molecular formula is C43H27N3S. The van der Waals surface area contributed by atoms with Crippen LogP contribution in [0.25, 0.3) is 87.4 Å². The number of aromatic nitrogens is 3. The highest BCUT2D eigenvalue weighted by molar-refractivity contribution is 7.26. The number of hydrogen-bond acceptors (Lipinski definition) is 4. The molecule has 0 aliphatic heterocycles. The van der Waals surface area contributed by atoms with Crippen LogP contribution >= 0.6 is 11.3 Å². The lowest BCUT2D eigenvalue weighted by molar-refractivity contribution is 1.16. The number of fused-ring (bicyclic) bond motifs is 4. The first-order valence-corrected chi connectivity index (χ1v) is 16.5. The van der Waals surface area contributed by atoms with Crippen molar-refractivity contribution < 1.29 is 0 Å². The van der Waals surface area contributed by atoms with Gasteiger partial charge in [-0.1, -0.05) is 140 Å². The van der Waals surface area contributed by atoms with Crippen LogP contribution in [0.4, 0.5) is 0 Å². The first kappa shape index (κ1) is 27.3. The number of pyridine rings is 1. The van der Waals surface area contributed by atoms with Gasteiger partial charge in [0, 0.05) is 36.7 Å². The highest BCUT2D eigenvalue weighted by Gasteiger charge is 2.13. The van der Waals surface area contributed by atoms with Gasteiger partial charge in [-0.25, -0.2) is 15.0 Å². The highest BCUT2D eigenvalue weighted by atomic mass is 32.1. The maximum atomic E-state index is 5.02. The smallest absolute Gasteiger partial charge is 0.179 e. The Bertz CT molecular complexity index is 2550. The summed E-state index contributed by atoms with van der Waals surface area (Å²) < 4.78 is 2.66. The number of rotatable bonds is 5. The molecule has 0 aliphatic carbocycles. The fourth-order valence-corrected chi connectivity index (χ4v) is 7.55. The molecule has 9 aromatic rings. The van der Waals surface area contributed by atoms with Crippen LogP contribution in [0.1, 0.15) is 0 Å². The molecule has 0 atom stereocenters. The lowest BCUT2D eigenvalue weighted by Crippen LogP contribution is -1.97. The monoisotopic (exact) mass is 617 g/mol. The molecule has 9 rings (SSSR count). The zero-order chi connectivity index (χ0) is 31.2. The topological polar surface area (TPSA) is 38.7 Å². The Morgan fingerprint density at radius 1 is 0.383 bits per heavy atom. The second-order valence-electron chi connectivity index (χ2n) is 11.7. The second-order valence-corrected chi connectivity index (χ2v) is 12.7. The standard InChI is InChI=1S/C43H27N3S/c1-2-9-31(10-3-1)39-27-40(46-43(45-39)38-26-25-32-11-4-6-15-37(32)44-38)33-23-19-29(20-24-33)28-17-21-30(22-18-28)34-13-8-14-36-35-12-5-7-16-41(35)47-42(34)36/h1-27H. The predicted molar refractivity (Wildman–Crippen MR) is 197 cm³/mol. The summed E-state index contributed by atoms with van der Waals surface area (Å²) in [7, 11) is 0. The fraction of sp³-hybridized carbons (Fsp3) is 0. The van der Waals surface area contributed by atoms with Crippen LogP contribution in [0, 0.1) is 0 Å². The Kier molecular flexibility index (Phi) is 6.65. The van der Waals surface area contributed by atoms with E-state index in [4.69, 9.17) is 15.0 Å². The van der Waals surface area contributed by atoms with E-state index in [9.17, 15) is 0 Å². The van der Waals surface area contributed by atoms with E-state index in [2.05, 4.69) is 121 Å². The molecule has 4 heteroatoms. The summed E-state index contributed by atoms with van der Waals surface area (Å²) in [4.78, 5) is 14.9. The minimum absolute atomic E-state index is 0.612. The molecule has 0 aliphatic rings. The van der Waals surface area contributed by atoms with E-state index in [0.29, 0.717) is 5.82 Å². The van der Waals surface area contributed by atoms with Gasteiger partial charge in [0.2, 0.25) is 0 Å². The molecule has 0 saturated carbocycles. The number of benzene rings is 6. The zero-order valence-corrected chi connectivity index (χ0v) is 26.2. The van der Waals surface area contributed by atoms with Crippen LogP contribution in [0.5, 0.6) is 0 Å². The van der Waals surface area contributed by atoms with E-state index in [-0.39, 0.29) is 0 Å². The number of nitrogens with zero attached hydrogens (tertiary/aromatic N) is 3. The van der Waals surface area contributed by atoms with E-state index >= 15 is 0 Å². The molecule has 3 heterocycles. The summed E-state index contributed by atoms with van der Waals surface area (Å²) in [6.45, 7) is 0. The third kappa shape index (κ3) is 5.05. The van der Waals surface area contributed by atoms with E-state index in [1.807, 2.05) is 53.8 Å². The van der Waals surface area contributed by atoms with Gasteiger partial charge in [0.15, 0.2) is 5.82 Å². The van der Waals surface area contributed by atoms with Crippen LogP contribution < -0.4 is 0 Å². The van der Waals surface area contributed by atoms with Crippen molar-refractivity contribution in [3.63, 3.8) is 0 Å². The van der Waals surface area contributed by atoms with Crippen LogP contribution in [0.2, 0.25) is 0 Å². The minimum atomic E-state index is 0.612. The molecule has 0 spiro atoms. The number of thiophene rings is 1. The number of para-hydroxylation sites is 1. The molecule has 220 valence electrons. The first-order chi connectivity index (χ1) is 23.3. The Balaban J connectivity index is 1.06. The number of hydrogen-bond donors (Lipinski definition) is 0. The Hall–Kier alpha value is -5.97. The van der Waals surface area contributed by atoms with Crippen molar-refractivity contribution in [3.05, 3.63) is 164 Å². The molecule has 0 N–H and O–H groups in total. The average molecular weight is 618 g/mol. The second kappa shape index (κ2) is 11.4. The largest absolute Gasteiger partial charge is 0.244 e. The van der Waals surface area contributed by atoms with Crippen molar-refractivity contribution in [1.29, 1.82) is 0 Å². The zero-order valence-electron chi connectivity index (χ0n) is 25.3. The molecule has 47 heavy (non-hydrogen) atoms. The van der Waals surface area contributed by atoms with Crippen molar-refractivity contribution in [2.75, 3.05) is 0 Å². The molecule has 0 bridgehead atoms. The molecular weight excluding hydrogens is 591 g/mol. The molecule has 0 amide bonds. The molecule has 3 aromatic heterocycles. The van der Waals surface area contributed by atoms with Gasteiger partial charge in [0.25, 0.3) is 0 Å². The molecule has 0 unspecified atom stereocenters. The van der Waals surface area contributed by atoms with Gasteiger partial charge in [0.05, 0.1) is 16.9 Å². The van der Waals surface area contributed by atoms with Crippen LogP contribution in [-0.4, -0.2) is 15.0 Å². The minimum Gasteiger partial charge on any atom is -0.244 e. The van der Waals surface area contributed by atoms with Crippen LogP contribution in [0.15, 0.2) is 164 Å². The maximum Gasteiger partial charge on any atom is 0.179 e.